The number of rotatable bonds is 6. The van der Waals surface area contributed by atoms with E-state index in [0.29, 0.717) is 6.04 Å². The van der Waals surface area contributed by atoms with Gasteiger partial charge < -0.3 is 10.6 Å². The van der Waals surface area contributed by atoms with Crippen molar-refractivity contribution in [3.8, 4) is 0 Å². The molecule has 1 fully saturated rings. The average molecular weight is 198 g/mol. The molecule has 0 atom stereocenters. The quantitative estimate of drug-likeness (QED) is 0.632. The zero-order valence-corrected chi connectivity index (χ0v) is 9.31. The van der Waals surface area contributed by atoms with Crippen molar-refractivity contribution in [3.05, 3.63) is 0 Å². The van der Waals surface area contributed by atoms with E-state index in [-0.39, 0.29) is 6.03 Å². The SMILES string of the molecule is CC(C)CCCCNC(=O)NC1CC1. The summed E-state index contributed by atoms with van der Waals surface area (Å²) in [6, 6.07) is 0.475. The predicted octanol–water partition coefficient (Wildman–Crippen LogP) is 2.27. The zero-order chi connectivity index (χ0) is 10.4. The molecule has 2 N–H and O–H groups in total. The molecule has 1 aliphatic rings. The number of nitrogens with one attached hydrogen (secondary N) is 2. The number of unbranched alkanes of at least 4 members (excludes halogenated alkanes) is 1. The van der Waals surface area contributed by atoms with Crippen molar-refractivity contribution in [2.24, 2.45) is 5.92 Å². The van der Waals surface area contributed by atoms with Crippen LogP contribution in [0, 0.1) is 5.92 Å². The fraction of sp³-hybridized carbons (Fsp3) is 0.909. The summed E-state index contributed by atoms with van der Waals surface area (Å²) in [6.45, 7) is 5.27. The topological polar surface area (TPSA) is 41.1 Å². The Bertz CT molecular complexity index is 176. The fourth-order valence-corrected chi connectivity index (χ4v) is 1.34. The average Bonchev–Trinajstić information content (AvgIpc) is 2.87. The summed E-state index contributed by atoms with van der Waals surface area (Å²) in [5.41, 5.74) is 0. The molecule has 1 aliphatic carbocycles. The van der Waals surface area contributed by atoms with E-state index in [1.165, 1.54) is 12.8 Å². The highest BCUT2D eigenvalue weighted by molar-refractivity contribution is 5.74. The third kappa shape index (κ3) is 5.84. The van der Waals surface area contributed by atoms with E-state index in [1.807, 2.05) is 0 Å². The van der Waals surface area contributed by atoms with Crippen LogP contribution in [0.3, 0.4) is 0 Å². The lowest BCUT2D eigenvalue weighted by Crippen LogP contribution is -2.37. The molecule has 0 aromatic carbocycles. The van der Waals surface area contributed by atoms with Crippen molar-refractivity contribution in [1.82, 2.24) is 10.6 Å². The van der Waals surface area contributed by atoms with Crippen molar-refractivity contribution < 1.29 is 4.79 Å². The number of carbonyl (C=O) groups excluding carboxylic acids is 1. The first-order valence-corrected chi connectivity index (χ1v) is 5.73. The molecule has 0 bridgehead atoms. The van der Waals surface area contributed by atoms with E-state index in [2.05, 4.69) is 24.5 Å². The molecule has 0 aromatic rings. The van der Waals surface area contributed by atoms with E-state index in [0.717, 1.165) is 31.7 Å². The van der Waals surface area contributed by atoms with Crippen LogP contribution in [0.1, 0.15) is 46.0 Å². The minimum Gasteiger partial charge on any atom is -0.338 e. The van der Waals surface area contributed by atoms with Crippen molar-refractivity contribution in [2.45, 2.75) is 52.0 Å². The third-order valence-corrected chi connectivity index (χ3v) is 2.41. The maximum Gasteiger partial charge on any atom is 0.315 e. The summed E-state index contributed by atoms with van der Waals surface area (Å²) in [6.07, 6.45) is 5.87. The van der Waals surface area contributed by atoms with Gasteiger partial charge in [0.2, 0.25) is 0 Å². The molecule has 1 rings (SSSR count). The molecular formula is C11H22N2O. The van der Waals surface area contributed by atoms with Gasteiger partial charge in [0.15, 0.2) is 0 Å². The molecule has 0 aliphatic heterocycles. The maximum absolute atomic E-state index is 11.2. The highest BCUT2D eigenvalue weighted by atomic mass is 16.2. The van der Waals surface area contributed by atoms with Crippen LogP contribution in [0.2, 0.25) is 0 Å². The molecule has 0 unspecified atom stereocenters. The van der Waals surface area contributed by atoms with Gasteiger partial charge in [-0.25, -0.2) is 4.79 Å². The maximum atomic E-state index is 11.2. The van der Waals surface area contributed by atoms with Crippen molar-refractivity contribution in [2.75, 3.05) is 6.54 Å². The molecule has 14 heavy (non-hydrogen) atoms. The van der Waals surface area contributed by atoms with Gasteiger partial charge in [-0.1, -0.05) is 26.7 Å². The van der Waals surface area contributed by atoms with Crippen LogP contribution >= 0.6 is 0 Å². The molecule has 1 saturated carbocycles. The normalized spacial score (nSPS) is 15.6. The van der Waals surface area contributed by atoms with Gasteiger partial charge in [-0.2, -0.15) is 0 Å². The summed E-state index contributed by atoms with van der Waals surface area (Å²) in [7, 11) is 0. The number of hydrogen-bond donors (Lipinski definition) is 2. The Morgan fingerprint density at radius 3 is 2.64 bits per heavy atom. The molecule has 2 amide bonds. The van der Waals surface area contributed by atoms with Crippen molar-refractivity contribution in [1.29, 1.82) is 0 Å². The van der Waals surface area contributed by atoms with E-state index in [4.69, 9.17) is 0 Å². The number of carbonyl (C=O) groups is 1. The van der Waals surface area contributed by atoms with Gasteiger partial charge >= 0.3 is 6.03 Å². The third-order valence-electron chi connectivity index (χ3n) is 2.41. The highest BCUT2D eigenvalue weighted by Crippen LogP contribution is 2.18. The molecule has 3 heteroatoms. The smallest absolute Gasteiger partial charge is 0.315 e. The lowest BCUT2D eigenvalue weighted by atomic mass is 10.1. The molecule has 3 nitrogen and oxygen atoms in total. The van der Waals surface area contributed by atoms with Crippen LogP contribution in [-0.2, 0) is 0 Å². The van der Waals surface area contributed by atoms with Gasteiger partial charge in [0.25, 0.3) is 0 Å². The summed E-state index contributed by atoms with van der Waals surface area (Å²) in [5.74, 6) is 0.773. The van der Waals surface area contributed by atoms with Crippen molar-refractivity contribution >= 4 is 6.03 Å². The number of amides is 2. The minimum atomic E-state index is 0.0112. The second-order valence-electron chi connectivity index (χ2n) is 4.56. The predicted molar refractivity (Wildman–Crippen MR) is 58.2 cm³/mol. The Hall–Kier alpha value is -0.730. The first kappa shape index (κ1) is 11.3. The summed E-state index contributed by atoms with van der Waals surface area (Å²) < 4.78 is 0. The monoisotopic (exact) mass is 198 g/mol. The number of urea groups is 1. The van der Waals surface area contributed by atoms with Crippen LogP contribution in [0.15, 0.2) is 0 Å². The first-order valence-electron chi connectivity index (χ1n) is 5.73. The largest absolute Gasteiger partial charge is 0.338 e. The second-order valence-corrected chi connectivity index (χ2v) is 4.56. The van der Waals surface area contributed by atoms with Gasteiger partial charge in [0, 0.05) is 12.6 Å². The van der Waals surface area contributed by atoms with Crippen LogP contribution in [0.4, 0.5) is 4.79 Å². The Labute approximate surface area is 86.6 Å². The Balaban J connectivity index is 1.84. The summed E-state index contributed by atoms with van der Waals surface area (Å²) in [4.78, 5) is 11.2. The van der Waals surface area contributed by atoms with Crippen LogP contribution < -0.4 is 10.6 Å². The van der Waals surface area contributed by atoms with Gasteiger partial charge in [-0.15, -0.1) is 0 Å². The van der Waals surface area contributed by atoms with Gasteiger partial charge in [0.05, 0.1) is 0 Å². The first-order chi connectivity index (χ1) is 6.68. The lowest BCUT2D eigenvalue weighted by molar-refractivity contribution is 0.240. The molecule has 82 valence electrons. The van der Waals surface area contributed by atoms with E-state index >= 15 is 0 Å². The van der Waals surface area contributed by atoms with E-state index < -0.39 is 0 Å². The Morgan fingerprint density at radius 2 is 2.07 bits per heavy atom. The fourth-order valence-electron chi connectivity index (χ4n) is 1.34. The van der Waals surface area contributed by atoms with Gasteiger partial charge in [0.1, 0.15) is 0 Å². The molecule has 0 radical (unpaired) electrons. The Morgan fingerprint density at radius 1 is 1.36 bits per heavy atom. The van der Waals surface area contributed by atoms with Crippen LogP contribution in [0.5, 0.6) is 0 Å². The van der Waals surface area contributed by atoms with Crippen LogP contribution in [0.25, 0.3) is 0 Å². The van der Waals surface area contributed by atoms with Crippen LogP contribution in [-0.4, -0.2) is 18.6 Å². The summed E-state index contributed by atoms with van der Waals surface area (Å²) in [5, 5.41) is 5.78. The second kappa shape index (κ2) is 5.89. The standard InChI is InChI=1S/C11H22N2O/c1-9(2)5-3-4-8-12-11(14)13-10-6-7-10/h9-10H,3-8H2,1-2H3,(H2,12,13,14). The lowest BCUT2D eigenvalue weighted by Gasteiger charge is -2.07. The Kier molecular flexibility index (Phi) is 4.77. The molecule has 0 saturated heterocycles. The van der Waals surface area contributed by atoms with E-state index in [1.54, 1.807) is 0 Å². The molecule has 0 heterocycles. The molecule has 0 spiro atoms. The molecular weight excluding hydrogens is 176 g/mol. The van der Waals surface area contributed by atoms with Gasteiger partial charge in [-0.3, -0.25) is 0 Å². The van der Waals surface area contributed by atoms with E-state index in [9.17, 15) is 4.79 Å². The molecule has 0 aromatic heterocycles. The zero-order valence-electron chi connectivity index (χ0n) is 9.31. The highest BCUT2D eigenvalue weighted by Gasteiger charge is 2.22. The number of hydrogen-bond acceptors (Lipinski definition) is 1. The van der Waals surface area contributed by atoms with Gasteiger partial charge in [-0.05, 0) is 25.2 Å². The van der Waals surface area contributed by atoms with Crippen molar-refractivity contribution in [3.63, 3.8) is 0 Å². The summed E-state index contributed by atoms with van der Waals surface area (Å²) >= 11 is 0. The minimum absolute atomic E-state index is 0.0112.